The van der Waals surface area contributed by atoms with Gasteiger partial charge in [0.25, 0.3) is 0 Å². The number of carbonyl (C=O) groups is 2. The van der Waals surface area contributed by atoms with E-state index in [2.05, 4.69) is 21.2 Å². The summed E-state index contributed by atoms with van der Waals surface area (Å²) >= 11 is 10.7. The van der Waals surface area contributed by atoms with Crippen LogP contribution in [0.5, 0.6) is 0 Å². The second-order valence-electron chi connectivity index (χ2n) is 4.29. The van der Waals surface area contributed by atoms with E-state index in [-0.39, 0.29) is 24.8 Å². The molecular formula is C10H18Cl2N6O6. The number of amides is 4. The molecule has 4 amide bonds. The summed E-state index contributed by atoms with van der Waals surface area (Å²) in [6, 6.07) is -1.81. The van der Waals surface area contributed by atoms with E-state index in [1.54, 1.807) is 0 Å². The zero-order valence-electron chi connectivity index (χ0n) is 12.5. The fraction of sp³-hybridized carbons (Fsp3) is 0.800. The van der Waals surface area contributed by atoms with Crippen LogP contribution in [0.4, 0.5) is 9.59 Å². The molecule has 0 aliphatic heterocycles. The highest BCUT2D eigenvalue weighted by Gasteiger charge is 2.21. The number of nitrogens with zero attached hydrogens (tertiary/aromatic N) is 4. The van der Waals surface area contributed by atoms with Crippen molar-refractivity contribution in [2.75, 3.05) is 37.9 Å². The maximum atomic E-state index is 11.5. The molecule has 14 heteroatoms. The minimum atomic E-state index is -1.45. The van der Waals surface area contributed by atoms with Gasteiger partial charge in [-0.05, 0) is 0 Å². The minimum absolute atomic E-state index is 0.0139. The van der Waals surface area contributed by atoms with Crippen LogP contribution in [0.3, 0.4) is 0 Å². The highest BCUT2D eigenvalue weighted by Crippen LogP contribution is 1.97. The van der Waals surface area contributed by atoms with Gasteiger partial charge in [0.15, 0.2) is 0 Å². The van der Waals surface area contributed by atoms with Gasteiger partial charge in [-0.2, -0.15) is 10.0 Å². The van der Waals surface area contributed by atoms with Crippen LogP contribution in [-0.2, 0) is 0 Å². The number of aliphatic hydroxyl groups excluding tert-OH is 2. The lowest BCUT2D eigenvalue weighted by Crippen LogP contribution is -2.48. The molecule has 0 saturated carbocycles. The number of halogens is 2. The van der Waals surface area contributed by atoms with Crippen molar-refractivity contribution in [3.05, 3.63) is 9.81 Å². The van der Waals surface area contributed by atoms with Crippen molar-refractivity contribution in [2.24, 2.45) is 10.6 Å². The second kappa shape index (κ2) is 12.6. The predicted molar refractivity (Wildman–Crippen MR) is 85.3 cm³/mol. The van der Waals surface area contributed by atoms with Gasteiger partial charge in [-0.15, -0.1) is 33.0 Å². The normalized spacial score (nSPS) is 12.7. The Labute approximate surface area is 146 Å². The molecule has 0 aliphatic rings. The molecule has 0 aliphatic carbocycles. The number of alkyl halides is 2. The molecule has 0 bridgehead atoms. The van der Waals surface area contributed by atoms with Crippen molar-refractivity contribution in [1.82, 2.24) is 20.7 Å². The summed E-state index contributed by atoms with van der Waals surface area (Å²) in [7, 11) is 0. The average Bonchev–Trinajstić information content (AvgIpc) is 2.59. The molecular weight excluding hydrogens is 371 g/mol. The third-order valence-electron chi connectivity index (χ3n) is 2.63. The average molecular weight is 389 g/mol. The molecule has 12 nitrogen and oxygen atoms in total. The van der Waals surface area contributed by atoms with Gasteiger partial charge in [0, 0.05) is 24.8 Å². The van der Waals surface area contributed by atoms with Gasteiger partial charge in [0.05, 0.1) is 35.9 Å². The molecule has 0 radical (unpaired) electrons. The van der Waals surface area contributed by atoms with E-state index in [4.69, 9.17) is 23.2 Å². The molecule has 0 spiro atoms. The maximum absolute atomic E-state index is 11.5. The van der Waals surface area contributed by atoms with Gasteiger partial charge >= 0.3 is 12.1 Å². The smallest absolute Gasteiger partial charge is 0.340 e. The summed E-state index contributed by atoms with van der Waals surface area (Å²) in [4.78, 5) is 43.8. The summed E-state index contributed by atoms with van der Waals surface area (Å²) in [6.45, 7) is -1.08. The third kappa shape index (κ3) is 8.19. The van der Waals surface area contributed by atoms with Gasteiger partial charge in [-0.1, -0.05) is 0 Å². The van der Waals surface area contributed by atoms with Gasteiger partial charge in [0.2, 0.25) is 0 Å². The molecule has 0 heterocycles. The first kappa shape index (κ1) is 22.2. The Balaban J connectivity index is 4.25. The number of hydrogen-bond donors (Lipinski definition) is 4. The fourth-order valence-electron chi connectivity index (χ4n) is 1.36. The van der Waals surface area contributed by atoms with E-state index in [9.17, 15) is 29.6 Å². The van der Waals surface area contributed by atoms with Crippen LogP contribution in [0.15, 0.2) is 10.6 Å². The van der Waals surface area contributed by atoms with Crippen LogP contribution < -0.4 is 10.6 Å². The van der Waals surface area contributed by atoms with Gasteiger partial charge < -0.3 is 20.8 Å². The highest BCUT2D eigenvalue weighted by molar-refractivity contribution is 6.18. The number of carbonyl (C=O) groups excluding carboxylic acids is 2. The van der Waals surface area contributed by atoms with Crippen molar-refractivity contribution >= 4 is 35.3 Å². The molecule has 138 valence electrons. The summed E-state index contributed by atoms with van der Waals surface area (Å²) in [5, 5.41) is 29.5. The molecule has 0 rings (SSSR count). The lowest BCUT2D eigenvalue weighted by molar-refractivity contribution is 0.0225. The summed E-state index contributed by atoms with van der Waals surface area (Å²) in [6.07, 6.45) is -2.91. The SMILES string of the molecule is O=NN(CCCl)C(=O)NCC(O)C(O)CNC(=O)N(CCCl)N=O. The number of aliphatic hydroxyl groups is 2. The van der Waals surface area contributed by atoms with E-state index in [0.29, 0.717) is 10.0 Å². The van der Waals surface area contributed by atoms with Crippen LogP contribution in [0.2, 0.25) is 0 Å². The van der Waals surface area contributed by atoms with Crippen LogP contribution in [0.25, 0.3) is 0 Å². The molecule has 0 aromatic heterocycles. The van der Waals surface area contributed by atoms with Crippen LogP contribution in [0, 0.1) is 9.81 Å². The van der Waals surface area contributed by atoms with Crippen molar-refractivity contribution in [3.8, 4) is 0 Å². The Morgan fingerprint density at radius 2 is 1.21 bits per heavy atom. The van der Waals surface area contributed by atoms with Crippen LogP contribution >= 0.6 is 23.2 Å². The molecule has 0 saturated heterocycles. The lowest BCUT2D eigenvalue weighted by Gasteiger charge is -2.21. The highest BCUT2D eigenvalue weighted by atomic mass is 35.5. The number of rotatable bonds is 11. The van der Waals surface area contributed by atoms with E-state index in [1.807, 2.05) is 0 Å². The number of nitrogens with one attached hydrogen (secondary N) is 2. The maximum Gasteiger partial charge on any atom is 0.340 e. The Kier molecular flexibility index (Phi) is 11.7. The number of hydrogen-bond acceptors (Lipinski definition) is 8. The summed E-state index contributed by atoms with van der Waals surface area (Å²) in [5.74, 6) is -0.0279. The molecule has 0 aromatic rings. The first-order chi connectivity index (χ1) is 11.4. The van der Waals surface area contributed by atoms with E-state index in [0.717, 1.165) is 0 Å². The van der Waals surface area contributed by atoms with Crippen molar-refractivity contribution in [3.63, 3.8) is 0 Å². The Hall–Kier alpha value is -1.76. The minimum Gasteiger partial charge on any atom is -0.389 e. The molecule has 4 N–H and O–H groups in total. The Morgan fingerprint density at radius 3 is 1.46 bits per heavy atom. The standard InChI is InChI=1S/C10H18Cl2N6O6/c11-1-3-17(15-23)9(21)13-5-7(19)8(20)6-14-10(22)18(16-24)4-2-12/h7-8,19-20H,1-6H2,(H,13,21)(H,14,22). The predicted octanol–water partition coefficient (Wildman–Crippen LogP) is -0.428. The number of nitroso groups, excluding NO2 is 2. The van der Waals surface area contributed by atoms with Crippen molar-refractivity contribution in [1.29, 1.82) is 0 Å². The van der Waals surface area contributed by atoms with E-state index >= 15 is 0 Å². The molecule has 24 heavy (non-hydrogen) atoms. The van der Waals surface area contributed by atoms with Crippen LogP contribution in [0.1, 0.15) is 0 Å². The van der Waals surface area contributed by atoms with Gasteiger partial charge in [-0.25, -0.2) is 9.59 Å². The van der Waals surface area contributed by atoms with Crippen LogP contribution in [-0.4, -0.2) is 82.4 Å². The molecule has 2 unspecified atom stereocenters. The number of urea groups is 2. The second-order valence-corrected chi connectivity index (χ2v) is 5.05. The lowest BCUT2D eigenvalue weighted by atomic mass is 10.2. The molecule has 0 fully saturated rings. The fourth-order valence-corrected chi connectivity index (χ4v) is 1.68. The quantitative estimate of drug-likeness (QED) is 0.213. The molecule has 0 aromatic carbocycles. The van der Waals surface area contributed by atoms with Gasteiger partial charge in [0.1, 0.15) is 0 Å². The zero-order chi connectivity index (χ0) is 18.5. The monoisotopic (exact) mass is 388 g/mol. The summed E-state index contributed by atoms with van der Waals surface area (Å²) < 4.78 is 0. The summed E-state index contributed by atoms with van der Waals surface area (Å²) in [5.41, 5.74) is 0. The molecule has 2 atom stereocenters. The van der Waals surface area contributed by atoms with E-state index < -0.39 is 37.4 Å². The zero-order valence-corrected chi connectivity index (χ0v) is 14.0. The van der Waals surface area contributed by atoms with Crippen molar-refractivity contribution < 1.29 is 19.8 Å². The first-order valence-electron chi connectivity index (χ1n) is 6.66. The Morgan fingerprint density at radius 1 is 0.875 bits per heavy atom. The topological polar surface area (TPSA) is 164 Å². The third-order valence-corrected chi connectivity index (χ3v) is 2.97. The van der Waals surface area contributed by atoms with Gasteiger partial charge in [-0.3, -0.25) is 0 Å². The van der Waals surface area contributed by atoms with Crippen molar-refractivity contribution in [2.45, 2.75) is 12.2 Å². The van der Waals surface area contributed by atoms with E-state index in [1.165, 1.54) is 0 Å². The Bertz CT molecular complexity index is 393. The first-order valence-corrected chi connectivity index (χ1v) is 7.73. The largest absolute Gasteiger partial charge is 0.389 e.